The first kappa shape index (κ1) is 17.9. The van der Waals surface area contributed by atoms with Crippen molar-refractivity contribution in [3.63, 3.8) is 0 Å². The highest BCUT2D eigenvalue weighted by Crippen LogP contribution is 2.33. The molecule has 1 unspecified atom stereocenters. The van der Waals surface area contributed by atoms with Gasteiger partial charge in [0.25, 0.3) is 0 Å². The van der Waals surface area contributed by atoms with Gasteiger partial charge in [0.15, 0.2) is 5.60 Å². The van der Waals surface area contributed by atoms with E-state index in [1.807, 2.05) is 24.3 Å². The predicted octanol–water partition coefficient (Wildman–Crippen LogP) is 2.15. The largest absolute Gasteiger partial charge is 0.479 e. The van der Waals surface area contributed by atoms with Crippen molar-refractivity contribution in [3.8, 4) is 0 Å². The zero-order valence-electron chi connectivity index (χ0n) is 13.5. The minimum Gasteiger partial charge on any atom is -0.479 e. The molecule has 1 atom stereocenters. The summed E-state index contributed by atoms with van der Waals surface area (Å²) < 4.78 is 0. The van der Waals surface area contributed by atoms with E-state index in [4.69, 9.17) is 5.11 Å². The Labute approximate surface area is 130 Å². The van der Waals surface area contributed by atoms with E-state index >= 15 is 0 Å². The van der Waals surface area contributed by atoms with E-state index in [1.54, 1.807) is 13.1 Å². The molecule has 22 heavy (non-hydrogen) atoms. The molecule has 1 amide bonds. The van der Waals surface area contributed by atoms with Crippen LogP contribution in [0, 0.1) is 5.41 Å². The lowest BCUT2D eigenvalue weighted by Gasteiger charge is -2.37. The van der Waals surface area contributed by atoms with Crippen LogP contribution in [0.2, 0.25) is 0 Å². The summed E-state index contributed by atoms with van der Waals surface area (Å²) in [6, 6.07) is 7.53. The smallest absolute Gasteiger partial charge is 0.336 e. The molecular weight excluding hydrogens is 282 g/mol. The van der Waals surface area contributed by atoms with Crippen LogP contribution in [-0.4, -0.2) is 39.6 Å². The number of carboxylic acids is 1. The maximum atomic E-state index is 12.5. The molecule has 0 saturated carbocycles. The Morgan fingerprint density at radius 3 is 2.14 bits per heavy atom. The van der Waals surface area contributed by atoms with E-state index < -0.39 is 22.9 Å². The predicted molar refractivity (Wildman–Crippen MR) is 85.0 cm³/mol. The minimum absolute atomic E-state index is 0.329. The van der Waals surface area contributed by atoms with Crippen molar-refractivity contribution in [1.29, 1.82) is 0 Å². The molecule has 1 aromatic rings. The van der Waals surface area contributed by atoms with Gasteiger partial charge in [-0.1, -0.05) is 36.9 Å². The number of amides is 1. The highest BCUT2D eigenvalue weighted by molar-refractivity contribution is 5.91. The fourth-order valence-electron chi connectivity index (χ4n) is 2.06. The Hall–Kier alpha value is -2.14. The summed E-state index contributed by atoms with van der Waals surface area (Å²) in [5, 5.41) is 19.2. The molecule has 1 aromatic carbocycles. The van der Waals surface area contributed by atoms with Crippen LogP contribution in [0.15, 0.2) is 30.8 Å². The van der Waals surface area contributed by atoms with Crippen molar-refractivity contribution in [2.75, 3.05) is 7.05 Å². The second-order valence-corrected chi connectivity index (χ2v) is 6.11. The van der Waals surface area contributed by atoms with Crippen molar-refractivity contribution in [2.24, 2.45) is 5.41 Å². The van der Waals surface area contributed by atoms with E-state index in [0.29, 0.717) is 6.54 Å². The van der Waals surface area contributed by atoms with Crippen molar-refractivity contribution < 1.29 is 19.8 Å². The molecule has 0 aromatic heterocycles. The van der Waals surface area contributed by atoms with E-state index in [9.17, 15) is 14.7 Å². The van der Waals surface area contributed by atoms with Crippen LogP contribution >= 0.6 is 0 Å². The quantitative estimate of drug-likeness (QED) is 0.844. The number of aliphatic carboxylic acids is 1. The lowest BCUT2D eigenvalue weighted by atomic mass is 9.74. The molecule has 0 aliphatic rings. The normalized spacial score (nSPS) is 14.0. The Balaban J connectivity index is 2.92. The van der Waals surface area contributed by atoms with Crippen LogP contribution in [-0.2, 0) is 16.1 Å². The summed E-state index contributed by atoms with van der Waals surface area (Å²) in [5.74, 6) is -1.86. The van der Waals surface area contributed by atoms with Crippen LogP contribution in [0.1, 0.15) is 31.9 Å². The van der Waals surface area contributed by atoms with Gasteiger partial charge in [0.05, 0.1) is 5.41 Å². The first-order chi connectivity index (χ1) is 10.0. The third-order valence-corrected chi connectivity index (χ3v) is 4.15. The fraction of sp³-hybridized carbons (Fsp3) is 0.412. The van der Waals surface area contributed by atoms with Crippen molar-refractivity contribution in [2.45, 2.75) is 32.9 Å². The topological polar surface area (TPSA) is 77.8 Å². The van der Waals surface area contributed by atoms with Gasteiger partial charge in [-0.05, 0) is 31.9 Å². The standard InChI is InChI=1S/C17H23NO4/c1-6-12-7-9-13(10-8-12)11-18(5)14(19)16(2,3)17(4,22)15(20)21/h6-10,22H,1,11H2,2-5H3,(H,20,21). The van der Waals surface area contributed by atoms with E-state index in [0.717, 1.165) is 18.1 Å². The second kappa shape index (κ2) is 6.32. The van der Waals surface area contributed by atoms with Gasteiger partial charge in [-0.3, -0.25) is 4.79 Å². The Morgan fingerprint density at radius 2 is 1.73 bits per heavy atom. The summed E-state index contributed by atoms with van der Waals surface area (Å²) in [6.07, 6.45) is 1.73. The van der Waals surface area contributed by atoms with Crippen molar-refractivity contribution >= 4 is 18.0 Å². The third-order valence-electron chi connectivity index (χ3n) is 4.15. The number of rotatable bonds is 6. The summed E-state index contributed by atoms with van der Waals surface area (Å²) in [4.78, 5) is 25.1. The molecule has 5 heteroatoms. The van der Waals surface area contributed by atoms with Crippen LogP contribution in [0.4, 0.5) is 0 Å². The summed E-state index contributed by atoms with van der Waals surface area (Å²) in [7, 11) is 1.59. The Kier molecular flexibility index (Phi) is 5.14. The number of carbonyl (C=O) groups excluding carboxylic acids is 1. The average molecular weight is 305 g/mol. The zero-order valence-corrected chi connectivity index (χ0v) is 13.5. The number of aliphatic hydroxyl groups is 1. The summed E-state index contributed by atoms with van der Waals surface area (Å²) in [6.45, 7) is 8.01. The highest BCUT2D eigenvalue weighted by Gasteiger charge is 2.52. The van der Waals surface area contributed by atoms with Gasteiger partial charge in [0.2, 0.25) is 5.91 Å². The first-order valence-corrected chi connectivity index (χ1v) is 6.96. The molecule has 2 N–H and O–H groups in total. The Morgan fingerprint density at radius 1 is 1.23 bits per heavy atom. The summed E-state index contributed by atoms with van der Waals surface area (Å²) >= 11 is 0. The van der Waals surface area contributed by atoms with Gasteiger partial charge in [0, 0.05) is 13.6 Å². The number of benzene rings is 1. The summed E-state index contributed by atoms with van der Waals surface area (Å²) in [5.41, 5.74) is -1.71. The average Bonchev–Trinajstić information content (AvgIpc) is 2.46. The number of hydrogen-bond acceptors (Lipinski definition) is 3. The molecule has 1 rings (SSSR count). The van der Waals surface area contributed by atoms with Crippen LogP contribution < -0.4 is 0 Å². The number of nitrogens with zero attached hydrogens (tertiary/aromatic N) is 1. The zero-order chi connectivity index (χ0) is 17.1. The molecule has 0 heterocycles. The maximum Gasteiger partial charge on any atom is 0.336 e. The molecule has 0 fully saturated rings. The number of hydrogen-bond donors (Lipinski definition) is 2. The van der Waals surface area contributed by atoms with Crippen LogP contribution in [0.25, 0.3) is 6.08 Å². The monoisotopic (exact) mass is 305 g/mol. The van der Waals surface area contributed by atoms with Crippen LogP contribution in [0.3, 0.4) is 0 Å². The van der Waals surface area contributed by atoms with Gasteiger partial charge in [-0.25, -0.2) is 4.79 Å². The van der Waals surface area contributed by atoms with Crippen molar-refractivity contribution in [3.05, 3.63) is 42.0 Å². The Bertz CT molecular complexity index is 573. The van der Waals surface area contributed by atoms with Gasteiger partial charge < -0.3 is 15.1 Å². The lowest BCUT2D eigenvalue weighted by Crippen LogP contribution is -2.56. The fourth-order valence-corrected chi connectivity index (χ4v) is 2.06. The molecule has 0 aliphatic carbocycles. The first-order valence-electron chi connectivity index (χ1n) is 6.96. The lowest BCUT2D eigenvalue weighted by molar-refractivity contribution is -0.178. The molecular formula is C17H23NO4. The van der Waals surface area contributed by atoms with Gasteiger partial charge >= 0.3 is 5.97 Å². The third kappa shape index (κ3) is 3.36. The maximum absolute atomic E-state index is 12.5. The second-order valence-electron chi connectivity index (χ2n) is 6.11. The van der Waals surface area contributed by atoms with Crippen molar-refractivity contribution in [1.82, 2.24) is 4.90 Å². The number of carbonyl (C=O) groups is 2. The van der Waals surface area contributed by atoms with Crippen LogP contribution in [0.5, 0.6) is 0 Å². The molecule has 120 valence electrons. The molecule has 0 spiro atoms. The molecule has 0 aliphatic heterocycles. The van der Waals surface area contributed by atoms with Gasteiger partial charge in [0.1, 0.15) is 0 Å². The molecule has 0 radical (unpaired) electrons. The molecule has 0 saturated heterocycles. The SMILES string of the molecule is C=Cc1ccc(CN(C)C(=O)C(C)(C)C(C)(O)C(=O)O)cc1. The van der Waals surface area contributed by atoms with E-state index in [-0.39, 0.29) is 0 Å². The van der Waals surface area contributed by atoms with E-state index in [2.05, 4.69) is 6.58 Å². The molecule has 0 bridgehead atoms. The minimum atomic E-state index is -2.15. The van der Waals surface area contributed by atoms with Gasteiger partial charge in [-0.15, -0.1) is 0 Å². The molecule has 5 nitrogen and oxygen atoms in total. The number of carboxylic acid groups (broad SMARTS) is 1. The van der Waals surface area contributed by atoms with Gasteiger partial charge in [-0.2, -0.15) is 0 Å². The highest BCUT2D eigenvalue weighted by atomic mass is 16.4. The van der Waals surface area contributed by atoms with E-state index in [1.165, 1.54) is 18.7 Å².